The lowest BCUT2D eigenvalue weighted by Crippen LogP contribution is -2.00. The van der Waals surface area contributed by atoms with Gasteiger partial charge < -0.3 is 10.1 Å². The average Bonchev–Trinajstić information content (AvgIpc) is 2.44. The van der Waals surface area contributed by atoms with Crippen LogP contribution in [0.2, 0.25) is 0 Å². The fourth-order valence-electron chi connectivity index (χ4n) is 1.66. The summed E-state index contributed by atoms with van der Waals surface area (Å²) >= 11 is 0. The van der Waals surface area contributed by atoms with Crippen LogP contribution in [0.25, 0.3) is 0 Å². The number of halogens is 1. The number of hydrogen-bond donors (Lipinski definition) is 1. The van der Waals surface area contributed by atoms with E-state index in [9.17, 15) is 4.39 Å². The first-order valence-electron chi connectivity index (χ1n) is 6.10. The summed E-state index contributed by atoms with van der Waals surface area (Å²) in [4.78, 5) is 0. The van der Waals surface area contributed by atoms with Crippen LogP contribution < -0.4 is 10.1 Å². The highest BCUT2D eigenvalue weighted by atomic mass is 19.1. The maximum atomic E-state index is 13.0. The fraction of sp³-hybridized carbons (Fsp3) is 0.125. The lowest BCUT2D eigenvalue weighted by Gasteiger charge is -2.08. The van der Waals surface area contributed by atoms with Gasteiger partial charge in [0.1, 0.15) is 18.2 Å². The van der Waals surface area contributed by atoms with Gasteiger partial charge in [-0.15, -0.1) is 0 Å². The molecule has 2 aromatic carbocycles. The molecule has 0 unspecified atom stereocenters. The minimum absolute atomic E-state index is 0.238. The molecule has 0 saturated heterocycles. The van der Waals surface area contributed by atoms with Gasteiger partial charge in [-0.1, -0.05) is 30.9 Å². The van der Waals surface area contributed by atoms with E-state index >= 15 is 0 Å². The minimum atomic E-state index is -0.238. The molecule has 0 aliphatic carbocycles. The molecule has 2 rings (SSSR count). The van der Waals surface area contributed by atoms with Gasteiger partial charge in [-0.05, 0) is 35.9 Å². The molecule has 1 N–H and O–H groups in total. The quantitative estimate of drug-likeness (QED) is 0.790. The molecule has 2 aromatic rings. The molecule has 0 fully saturated rings. The summed E-state index contributed by atoms with van der Waals surface area (Å²) in [5.41, 5.74) is 1.88. The molecule has 19 heavy (non-hydrogen) atoms. The molecule has 0 aromatic heterocycles. The number of anilines is 1. The van der Waals surface area contributed by atoms with Gasteiger partial charge in [0.15, 0.2) is 0 Å². The standard InChI is InChI=1S/C16H16FNO/c1-2-10-19-16-8-6-13(7-9-16)12-18-15-5-3-4-14(17)11-15/h2-9,11,18H,1,10,12H2. The van der Waals surface area contributed by atoms with Gasteiger partial charge in [0, 0.05) is 12.2 Å². The van der Waals surface area contributed by atoms with E-state index in [4.69, 9.17) is 4.74 Å². The van der Waals surface area contributed by atoms with Gasteiger partial charge in [-0.25, -0.2) is 4.39 Å². The van der Waals surface area contributed by atoms with Crippen LogP contribution >= 0.6 is 0 Å². The number of rotatable bonds is 6. The van der Waals surface area contributed by atoms with Crippen LogP contribution in [0.5, 0.6) is 5.75 Å². The molecular weight excluding hydrogens is 241 g/mol. The Balaban J connectivity index is 1.91. The molecule has 0 amide bonds. The second kappa shape index (κ2) is 6.59. The Hall–Kier alpha value is -2.29. The molecule has 0 saturated carbocycles. The summed E-state index contributed by atoms with van der Waals surface area (Å²) in [5, 5.41) is 3.17. The SMILES string of the molecule is C=CCOc1ccc(CNc2cccc(F)c2)cc1. The monoisotopic (exact) mass is 257 g/mol. The van der Waals surface area contributed by atoms with Gasteiger partial charge >= 0.3 is 0 Å². The van der Waals surface area contributed by atoms with E-state index in [1.165, 1.54) is 12.1 Å². The van der Waals surface area contributed by atoms with Crippen LogP contribution in [0, 0.1) is 5.82 Å². The van der Waals surface area contributed by atoms with Crippen molar-refractivity contribution in [1.82, 2.24) is 0 Å². The van der Waals surface area contributed by atoms with Crippen molar-refractivity contribution in [3.05, 3.63) is 72.6 Å². The fourth-order valence-corrected chi connectivity index (χ4v) is 1.66. The van der Waals surface area contributed by atoms with E-state index < -0.39 is 0 Å². The number of ether oxygens (including phenoxy) is 1. The third kappa shape index (κ3) is 4.14. The Labute approximate surface area is 112 Å². The second-order valence-electron chi connectivity index (χ2n) is 4.11. The summed E-state index contributed by atoms with van der Waals surface area (Å²) in [7, 11) is 0. The zero-order chi connectivity index (χ0) is 13.5. The summed E-state index contributed by atoms with van der Waals surface area (Å²) in [6.07, 6.45) is 1.71. The molecule has 0 aliphatic heterocycles. The molecule has 0 heterocycles. The van der Waals surface area contributed by atoms with Crippen LogP contribution in [0.15, 0.2) is 61.2 Å². The number of benzene rings is 2. The molecule has 0 radical (unpaired) electrons. The predicted octanol–water partition coefficient (Wildman–Crippen LogP) is 4.00. The maximum absolute atomic E-state index is 13.0. The third-order valence-electron chi connectivity index (χ3n) is 2.61. The van der Waals surface area contributed by atoms with Crippen LogP contribution in [0.1, 0.15) is 5.56 Å². The summed E-state index contributed by atoms with van der Waals surface area (Å²) in [6, 6.07) is 14.2. The van der Waals surface area contributed by atoms with E-state index in [2.05, 4.69) is 11.9 Å². The zero-order valence-electron chi connectivity index (χ0n) is 10.6. The van der Waals surface area contributed by atoms with E-state index in [1.54, 1.807) is 12.1 Å². The molecule has 2 nitrogen and oxygen atoms in total. The lowest BCUT2D eigenvalue weighted by atomic mass is 10.2. The molecule has 0 bridgehead atoms. The van der Waals surface area contributed by atoms with Crippen molar-refractivity contribution >= 4 is 5.69 Å². The molecule has 0 atom stereocenters. The Kier molecular flexibility index (Phi) is 4.56. The van der Waals surface area contributed by atoms with Crippen LogP contribution in [0.3, 0.4) is 0 Å². The van der Waals surface area contributed by atoms with Gasteiger partial charge in [-0.3, -0.25) is 0 Å². The Bertz CT molecular complexity index is 537. The maximum Gasteiger partial charge on any atom is 0.125 e. The first-order chi connectivity index (χ1) is 9.28. The molecule has 3 heteroatoms. The summed E-state index contributed by atoms with van der Waals surface area (Å²) in [5.74, 6) is 0.576. The summed E-state index contributed by atoms with van der Waals surface area (Å²) in [6.45, 7) is 4.74. The number of hydrogen-bond acceptors (Lipinski definition) is 2. The third-order valence-corrected chi connectivity index (χ3v) is 2.61. The average molecular weight is 257 g/mol. The van der Waals surface area contributed by atoms with Crippen molar-refractivity contribution in [1.29, 1.82) is 0 Å². The van der Waals surface area contributed by atoms with E-state index in [1.807, 2.05) is 30.3 Å². The van der Waals surface area contributed by atoms with Gasteiger partial charge in [-0.2, -0.15) is 0 Å². The van der Waals surface area contributed by atoms with Crippen molar-refractivity contribution in [2.24, 2.45) is 0 Å². The smallest absolute Gasteiger partial charge is 0.125 e. The topological polar surface area (TPSA) is 21.3 Å². The Morgan fingerprint density at radius 2 is 1.95 bits per heavy atom. The minimum Gasteiger partial charge on any atom is -0.490 e. The largest absolute Gasteiger partial charge is 0.490 e. The second-order valence-corrected chi connectivity index (χ2v) is 4.11. The van der Waals surface area contributed by atoms with Crippen molar-refractivity contribution in [3.8, 4) is 5.75 Å². The molecule has 0 aliphatic rings. The van der Waals surface area contributed by atoms with Gasteiger partial charge in [0.2, 0.25) is 0 Å². The van der Waals surface area contributed by atoms with Crippen LogP contribution in [0.4, 0.5) is 10.1 Å². The zero-order valence-corrected chi connectivity index (χ0v) is 10.6. The van der Waals surface area contributed by atoms with Crippen molar-refractivity contribution < 1.29 is 9.13 Å². The first-order valence-corrected chi connectivity index (χ1v) is 6.10. The van der Waals surface area contributed by atoms with Gasteiger partial charge in [0.25, 0.3) is 0 Å². The Morgan fingerprint density at radius 3 is 2.63 bits per heavy atom. The highest BCUT2D eigenvalue weighted by Gasteiger charge is 1.97. The number of nitrogens with one attached hydrogen (secondary N) is 1. The molecule has 98 valence electrons. The van der Waals surface area contributed by atoms with E-state index in [-0.39, 0.29) is 5.82 Å². The van der Waals surface area contributed by atoms with Crippen molar-refractivity contribution in [2.45, 2.75) is 6.54 Å². The predicted molar refractivity (Wildman–Crippen MR) is 75.9 cm³/mol. The van der Waals surface area contributed by atoms with E-state index in [0.717, 1.165) is 17.0 Å². The van der Waals surface area contributed by atoms with Crippen LogP contribution in [-0.4, -0.2) is 6.61 Å². The first kappa shape index (κ1) is 13.1. The molecular formula is C16H16FNO. The lowest BCUT2D eigenvalue weighted by molar-refractivity contribution is 0.363. The Morgan fingerprint density at radius 1 is 1.16 bits per heavy atom. The summed E-state index contributed by atoms with van der Waals surface area (Å²) < 4.78 is 18.4. The van der Waals surface area contributed by atoms with E-state index in [0.29, 0.717) is 13.2 Å². The van der Waals surface area contributed by atoms with Crippen LogP contribution in [-0.2, 0) is 6.54 Å². The van der Waals surface area contributed by atoms with Crippen molar-refractivity contribution in [3.63, 3.8) is 0 Å². The molecule has 0 spiro atoms. The van der Waals surface area contributed by atoms with Crippen molar-refractivity contribution in [2.75, 3.05) is 11.9 Å². The normalized spacial score (nSPS) is 9.95. The highest BCUT2D eigenvalue weighted by Crippen LogP contribution is 2.14. The van der Waals surface area contributed by atoms with Gasteiger partial charge in [0.05, 0.1) is 0 Å². The highest BCUT2D eigenvalue weighted by molar-refractivity contribution is 5.44.